The van der Waals surface area contributed by atoms with E-state index in [1.165, 1.54) is 35.9 Å². The Bertz CT molecular complexity index is 570. The highest BCUT2D eigenvalue weighted by atomic mass is 32.1. The fourth-order valence-electron chi connectivity index (χ4n) is 2.72. The van der Waals surface area contributed by atoms with Crippen molar-refractivity contribution in [2.75, 3.05) is 5.32 Å². The number of hydrogen-bond acceptors (Lipinski definition) is 4. The minimum Gasteiger partial charge on any atom is -0.367 e. The third kappa shape index (κ3) is 2.59. The van der Waals surface area contributed by atoms with Crippen LogP contribution in [0.5, 0.6) is 0 Å². The Balaban J connectivity index is 2.01. The quantitative estimate of drug-likeness (QED) is 0.910. The maximum absolute atomic E-state index is 4.71. The van der Waals surface area contributed by atoms with Crippen LogP contribution in [-0.4, -0.2) is 16.0 Å². The molecule has 1 N–H and O–H groups in total. The Hall–Kier alpha value is -1.16. The van der Waals surface area contributed by atoms with Crippen LogP contribution in [0.1, 0.15) is 50.2 Å². The molecule has 0 amide bonds. The van der Waals surface area contributed by atoms with Crippen molar-refractivity contribution in [1.29, 1.82) is 0 Å². The summed E-state index contributed by atoms with van der Waals surface area (Å²) >= 11 is 1.81. The average Bonchev–Trinajstić information content (AvgIpc) is 3.06. The van der Waals surface area contributed by atoms with Gasteiger partial charge in [0.1, 0.15) is 16.5 Å². The van der Waals surface area contributed by atoms with Crippen molar-refractivity contribution in [2.45, 2.75) is 58.4 Å². The topological polar surface area (TPSA) is 37.8 Å². The summed E-state index contributed by atoms with van der Waals surface area (Å²) in [5, 5.41) is 4.87. The van der Waals surface area contributed by atoms with Crippen LogP contribution in [0.15, 0.2) is 6.07 Å². The largest absolute Gasteiger partial charge is 0.367 e. The number of nitrogens with zero attached hydrogens (tertiary/aromatic N) is 2. The molecule has 1 aliphatic carbocycles. The van der Waals surface area contributed by atoms with E-state index in [2.05, 4.69) is 30.2 Å². The number of anilines is 1. The predicted molar refractivity (Wildman–Crippen MR) is 82.0 cm³/mol. The van der Waals surface area contributed by atoms with Gasteiger partial charge in [0.25, 0.3) is 0 Å². The number of aryl methyl sites for hydroxylation is 2. The molecule has 3 rings (SSSR count). The van der Waals surface area contributed by atoms with Crippen molar-refractivity contribution in [3.05, 3.63) is 16.8 Å². The first-order valence-electron chi connectivity index (χ1n) is 7.36. The standard InChI is InChI=1S/C15H21N3S/c1-3-11-9-12-14(16-10-7-5-6-8-10)17-13(4-2)18-15(12)19-11/h9-10H,3-8H2,1-2H3,(H,16,17,18). The maximum Gasteiger partial charge on any atom is 0.138 e. The van der Waals surface area contributed by atoms with E-state index >= 15 is 0 Å². The zero-order valence-electron chi connectivity index (χ0n) is 11.7. The summed E-state index contributed by atoms with van der Waals surface area (Å²) < 4.78 is 0. The van der Waals surface area contributed by atoms with Crippen LogP contribution < -0.4 is 5.32 Å². The molecule has 0 aromatic carbocycles. The fourth-order valence-corrected chi connectivity index (χ4v) is 3.71. The summed E-state index contributed by atoms with van der Waals surface area (Å²) in [4.78, 5) is 11.9. The molecule has 4 heteroatoms. The van der Waals surface area contributed by atoms with Crippen LogP contribution in [0.3, 0.4) is 0 Å². The van der Waals surface area contributed by atoms with E-state index in [4.69, 9.17) is 4.98 Å². The van der Waals surface area contributed by atoms with Gasteiger partial charge in [-0.1, -0.05) is 26.7 Å². The Labute approximate surface area is 118 Å². The van der Waals surface area contributed by atoms with Gasteiger partial charge in [-0.15, -0.1) is 11.3 Å². The zero-order valence-corrected chi connectivity index (χ0v) is 12.5. The third-order valence-corrected chi connectivity index (χ3v) is 5.02. The van der Waals surface area contributed by atoms with E-state index in [-0.39, 0.29) is 0 Å². The SMILES string of the molecule is CCc1nc(NC2CCCC2)c2cc(CC)sc2n1. The van der Waals surface area contributed by atoms with Gasteiger partial charge < -0.3 is 5.32 Å². The minimum atomic E-state index is 0.604. The monoisotopic (exact) mass is 275 g/mol. The molecule has 0 atom stereocenters. The molecule has 0 radical (unpaired) electrons. The molecule has 0 aliphatic heterocycles. The van der Waals surface area contributed by atoms with Crippen molar-refractivity contribution in [1.82, 2.24) is 9.97 Å². The van der Waals surface area contributed by atoms with Gasteiger partial charge in [-0.05, 0) is 25.3 Å². The summed E-state index contributed by atoms with van der Waals surface area (Å²) in [6, 6.07) is 2.87. The predicted octanol–water partition coefficient (Wildman–Crippen LogP) is 4.17. The summed E-state index contributed by atoms with van der Waals surface area (Å²) in [6.07, 6.45) is 7.21. The molecule has 1 saturated carbocycles. The number of aromatic nitrogens is 2. The van der Waals surface area contributed by atoms with Gasteiger partial charge in [0.15, 0.2) is 0 Å². The Morgan fingerprint density at radius 3 is 2.68 bits per heavy atom. The van der Waals surface area contributed by atoms with Crippen LogP contribution in [0.4, 0.5) is 5.82 Å². The lowest BCUT2D eigenvalue weighted by molar-refractivity contribution is 0.749. The molecule has 2 aromatic rings. The summed E-state index contributed by atoms with van der Waals surface area (Å²) in [5.74, 6) is 2.02. The number of rotatable bonds is 4. The second kappa shape index (κ2) is 5.45. The van der Waals surface area contributed by atoms with Gasteiger partial charge in [0.2, 0.25) is 0 Å². The van der Waals surface area contributed by atoms with E-state index in [0.717, 1.165) is 29.3 Å². The molecule has 0 spiro atoms. The number of thiophene rings is 1. The van der Waals surface area contributed by atoms with E-state index in [1.807, 2.05) is 11.3 Å². The zero-order chi connectivity index (χ0) is 13.2. The van der Waals surface area contributed by atoms with E-state index in [0.29, 0.717) is 6.04 Å². The molecule has 0 saturated heterocycles. The molecule has 102 valence electrons. The molecule has 2 heterocycles. The molecular formula is C15H21N3S. The Kier molecular flexibility index (Phi) is 3.69. The van der Waals surface area contributed by atoms with Crippen molar-refractivity contribution >= 4 is 27.4 Å². The molecule has 0 bridgehead atoms. The molecule has 1 aliphatic rings. The van der Waals surface area contributed by atoms with Crippen LogP contribution in [-0.2, 0) is 12.8 Å². The Morgan fingerprint density at radius 1 is 1.21 bits per heavy atom. The number of hydrogen-bond donors (Lipinski definition) is 1. The Morgan fingerprint density at radius 2 is 2.00 bits per heavy atom. The molecule has 19 heavy (non-hydrogen) atoms. The highest BCUT2D eigenvalue weighted by Gasteiger charge is 2.18. The highest BCUT2D eigenvalue weighted by Crippen LogP contribution is 2.31. The number of fused-ring (bicyclic) bond motifs is 1. The van der Waals surface area contributed by atoms with E-state index in [9.17, 15) is 0 Å². The van der Waals surface area contributed by atoms with Crippen LogP contribution in [0.2, 0.25) is 0 Å². The highest BCUT2D eigenvalue weighted by molar-refractivity contribution is 7.18. The first kappa shape index (κ1) is 12.9. The van der Waals surface area contributed by atoms with Crippen LogP contribution in [0.25, 0.3) is 10.2 Å². The minimum absolute atomic E-state index is 0.604. The van der Waals surface area contributed by atoms with Gasteiger partial charge in [-0.3, -0.25) is 0 Å². The normalized spacial score (nSPS) is 16.3. The van der Waals surface area contributed by atoms with Crippen molar-refractivity contribution < 1.29 is 0 Å². The first-order valence-corrected chi connectivity index (χ1v) is 8.17. The molecule has 1 fully saturated rings. The van der Waals surface area contributed by atoms with Crippen LogP contribution in [0, 0.1) is 0 Å². The molecule has 0 unspecified atom stereocenters. The fraction of sp³-hybridized carbons (Fsp3) is 0.600. The maximum atomic E-state index is 4.71. The lowest BCUT2D eigenvalue weighted by Crippen LogP contribution is -2.16. The van der Waals surface area contributed by atoms with Crippen LogP contribution >= 0.6 is 11.3 Å². The molecular weight excluding hydrogens is 254 g/mol. The van der Waals surface area contributed by atoms with Gasteiger partial charge in [-0.25, -0.2) is 9.97 Å². The number of nitrogens with one attached hydrogen (secondary N) is 1. The van der Waals surface area contributed by atoms with Gasteiger partial charge in [-0.2, -0.15) is 0 Å². The third-order valence-electron chi connectivity index (χ3n) is 3.85. The first-order chi connectivity index (χ1) is 9.30. The van der Waals surface area contributed by atoms with Gasteiger partial charge >= 0.3 is 0 Å². The molecule has 3 nitrogen and oxygen atoms in total. The van der Waals surface area contributed by atoms with Gasteiger partial charge in [0.05, 0.1) is 5.39 Å². The van der Waals surface area contributed by atoms with Crippen molar-refractivity contribution in [3.63, 3.8) is 0 Å². The van der Waals surface area contributed by atoms with Crippen molar-refractivity contribution in [3.8, 4) is 0 Å². The lowest BCUT2D eigenvalue weighted by atomic mass is 10.2. The smallest absolute Gasteiger partial charge is 0.138 e. The second-order valence-electron chi connectivity index (χ2n) is 5.25. The lowest BCUT2D eigenvalue weighted by Gasteiger charge is -2.14. The summed E-state index contributed by atoms with van der Waals surface area (Å²) in [6.45, 7) is 4.32. The average molecular weight is 275 g/mol. The van der Waals surface area contributed by atoms with Gasteiger partial charge in [0, 0.05) is 17.3 Å². The van der Waals surface area contributed by atoms with Crippen molar-refractivity contribution in [2.24, 2.45) is 0 Å². The van der Waals surface area contributed by atoms with E-state index in [1.54, 1.807) is 0 Å². The second-order valence-corrected chi connectivity index (χ2v) is 6.37. The van der Waals surface area contributed by atoms with E-state index < -0.39 is 0 Å². The molecule has 2 aromatic heterocycles. The summed E-state index contributed by atoms with van der Waals surface area (Å²) in [5.41, 5.74) is 0. The summed E-state index contributed by atoms with van der Waals surface area (Å²) in [7, 11) is 0.